The lowest BCUT2D eigenvalue weighted by atomic mass is 10.1. The summed E-state index contributed by atoms with van der Waals surface area (Å²) >= 11 is 0. The number of carbonyl (C=O) groups is 1. The van der Waals surface area contributed by atoms with Gasteiger partial charge in [-0.25, -0.2) is 0 Å². The van der Waals surface area contributed by atoms with Crippen LogP contribution in [0.3, 0.4) is 0 Å². The minimum Gasteiger partial charge on any atom is -0.508 e. The first-order chi connectivity index (χ1) is 7.63. The zero-order valence-electron chi connectivity index (χ0n) is 9.31. The minimum absolute atomic E-state index is 0.231. The Hall–Kier alpha value is -1.55. The van der Waals surface area contributed by atoms with E-state index in [1.54, 1.807) is 31.2 Å². The van der Waals surface area contributed by atoms with Crippen LogP contribution >= 0.6 is 0 Å². The molecule has 0 heterocycles. The first kappa shape index (κ1) is 12.5. The summed E-state index contributed by atoms with van der Waals surface area (Å²) in [6, 6.07) is 6.82. The van der Waals surface area contributed by atoms with E-state index < -0.39 is 6.10 Å². The topological polar surface area (TPSA) is 69.6 Å². The summed E-state index contributed by atoms with van der Waals surface area (Å²) in [6.45, 7) is 2.24. The first-order valence-corrected chi connectivity index (χ1v) is 5.37. The van der Waals surface area contributed by atoms with Crippen LogP contribution < -0.4 is 5.32 Å². The van der Waals surface area contributed by atoms with E-state index in [-0.39, 0.29) is 11.7 Å². The number of rotatable bonds is 5. The van der Waals surface area contributed by atoms with E-state index in [1.807, 2.05) is 0 Å². The Bertz CT molecular complexity index is 335. The number of benzene rings is 1. The van der Waals surface area contributed by atoms with Gasteiger partial charge in [-0.15, -0.1) is 0 Å². The largest absolute Gasteiger partial charge is 0.508 e. The fourth-order valence-corrected chi connectivity index (χ4v) is 1.30. The van der Waals surface area contributed by atoms with E-state index in [9.17, 15) is 9.90 Å². The van der Waals surface area contributed by atoms with Crippen molar-refractivity contribution in [2.24, 2.45) is 0 Å². The van der Waals surface area contributed by atoms with Crippen molar-refractivity contribution in [3.8, 4) is 5.75 Å². The molecule has 0 aliphatic rings. The highest BCUT2D eigenvalue weighted by Crippen LogP contribution is 2.09. The molecule has 0 saturated carbocycles. The molecule has 3 N–H and O–H groups in total. The molecule has 1 amide bonds. The normalized spacial score (nSPS) is 12.1. The summed E-state index contributed by atoms with van der Waals surface area (Å²) in [5.74, 6) is -0.101. The molecule has 0 saturated heterocycles. The molecule has 16 heavy (non-hydrogen) atoms. The van der Waals surface area contributed by atoms with Gasteiger partial charge in [0.15, 0.2) is 0 Å². The standard InChI is InChI=1S/C12H17NO3/c1-2-11(15)12(16)13-8-7-9-3-5-10(14)6-4-9/h3-6,11,14-15H,2,7-8H2,1H3,(H,13,16). The third kappa shape index (κ3) is 3.90. The van der Waals surface area contributed by atoms with Gasteiger partial charge < -0.3 is 15.5 Å². The van der Waals surface area contributed by atoms with Gasteiger partial charge >= 0.3 is 0 Å². The van der Waals surface area contributed by atoms with E-state index in [0.717, 1.165) is 5.56 Å². The summed E-state index contributed by atoms with van der Waals surface area (Å²) in [6.07, 6.45) is 0.188. The smallest absolute Gasteiger partial charge is 0.248 e. The summed E-state index contributed by atoms with van der Waals surface area (Å²) < 4.78 is 0. The number of nitrogens with one attached hydrogen (secondary N) is 1. The van der Waals surface area contributed by atoms with Gasteiger partial charge in [-0.2, -0.15) is 0 Å². The van der Waals surface area contributed by atoms with Crippen LogP contribution in [0.4, 0.5) is 0 Å². The first-order valence-electron chi connectivity index (χ1n) is 5.37. The number of hydrogen-bond acceptors (Lipinski definition) is 3. The quantitative estimate of drug-likeness (QED) is 0.692. The Morgan fingerprint density at radius 2 is 2.00 bits per heavy atom. The monoisotopic (exact) mass is 223 g/mol. The number of phenols is 1. The number of phenolic OH excluding ortho intramolecular Hbond substituents is 1. The van der Waals surface area contributed by atoms with Crippen LogP contribution in [-0.4, -0.2) is 28.8 Å². The number of carbonyl (C=O) groups excluding carboxylic acids is 1. The van der Waals surface area contributed by atoms with Crippen molar-refractivity contribution in [1.82, 2.24) is 5.32 Å². The van der Waals surface area contributed by atoms with E-state index in [2.05, 4.69) is 5.32 Å². The third-order valence-electron chi connectivity index (χ3n) is 2.34. The molecular formula is C12H17NO3. The molecule has 1 atom stereocenters. The molecule has 88 valence electrons. The molecule has 0 fully saturated rings. The highest BCUT2D eigenvalue weighted by Gasteiger charge is 2.10. The zero-order valence-corrected chi connectivity index (χ0v) is 9.31. The number of aromatic hydroxyl groups is 1. The summed E-state index contributed by atoms with van der Waals surface area (Å²) in [7, 11) is 0. The van der Waals surface area contributed by atoms with E-state index in [1.165, 1.54) is 0 Å². The predicted molar refractivity (Wildman–Crippen MR) is 61.1 cm³/mol. The van der Waals surface area contributed by atoms with Crippen molar-refractivity contribution in [3.05, 3.63) is 29.8 Å². The lowest BCUT2D eigenvalue weighted by molar-refractivity contribution is -0.129. The highest BCUT2D eigenvalue weighted by atomic mass is 16.3. The predicted octanol–water partition coefficient (Wildman–Crippen LogP) is 0.822. The number of hydrogen-bond donors (Lipinski definition) is 3. The molecule has 0 spiro atoms. The zero-order chi connectivity index (χ0) is 12.0. The van der Waals surface area contributed by atoms with Crippen LogP contribution in [0, 0.1) is 0 Å². The minimum atomic E-state index is -0.917. The van der Waals surface area contributed by atoms with Crippen molar-refractivity contribution < 1.29 is 15.0 Å². The van der Waals surface area contributed by atoms with Gasteiger partial charge in [0.05, 0.1) is 0 Å². The Morgan fingerprint density at radius 3 is 2.56 bits per heavy atom. The second kappa shape index (κ2) is 6.12. The Kier molecular flexibility index (Phi) is 4.79. The molecule has 1 aromatic carbocycles. The maximum atomic E-state index is 11.2. The summed E-state index contributed by atoms with van der Waals surface area (Å²) in [5.41, 5.74) is 1.03. The lowest BCUT2D eigenvalue weighted by Crippen LogP contribution is -2.35. The molecule has 4 nitrogen and oxygen atoms in total. The molecule has 1 unspecified atom stereocenters. The van der Waals surface area contributed by atoms with Crippen molar-refractivity contribution in [2.75, 3.05) is 6.54 Å². The molecule has 4 heteroatoms. The average molecular weight is 223 g/mol. The van der Waals surface area contributed by atoms with Gasteiger partial charge in [0, 0.05) is 6.54 Å². The van der Waals surface area contributed by atoms with Crippen molar-refractivity contribution in [2.45, 2.75) is 25.9 Å². The molecule has 0 aliphatic heterocycles. The second-order valence-electron chi connectivity index (χ2n) is 3.63. The Morgan fingerprint density at radius 1 is 1.38 bits per heavy atom. The van der Waals surface area contributed by atoms with E-state index in [0.29, 0.717) is 19.4 Å². The summed E-state index contributed by atoms with van der Waals surface area (Å²) in [5, 5.41) is 20.9. The average Bonchev–Trinajstić information content (AvgIpc) is 2.30. The molecule has 0 aliphatic carbocycles. The van der Waals surface area contributed by atoms with Crippen molar-refractivity contribution in [3.63, 3.8) is 0 Å². The van der Waals surface area contributed by atoms with Crippen LogP contribution in [0.1, 0.15) is 18.9 Å². The van der Waals surface area contributed by atoms with Gasteiger partial charge in [-0.1, -0.05) is 19.1 Å². The van der Waals surface area contributed by atoms with Crippen molar-refractivity contribution in [1.29, 1.82) is 0 Å². The SMILES string of the molecule is CCC(O)C(=O)NCCc1ccc(O)cc1. The molecule has 1 rings (SSSR count). The lowest BCUT2D eigenvalue weighted by Gasteiger charge is -2.09. The Balaban J connectivity index is 2.30. The van der Waals surface area contributed by atoms with Gasteiger partial charge in [-0.05, 0) is 30.5 Å². The maximum Gasteiger partial charge on any atom is 0.248 e. The number of aliphatic hydroxyl groups excluding tert-OH is 1. The van der Waals surface area contributed by atoms with E-state index in [4.69, 9.17) is 5.11 Å². The van der Waals surface area contributed by atoms with E-state index >= 15 is 0 Å². The van der Waals surface area contributed by atoms with Gasteiger partial charge in [0.25, 0.3) is 0 Å². The van der Waals surface area contributed by atoms with Crippen molar-refractivity contribution >= 4 is 5.91 Å². The molecular weight excluding hydrogens is 206 g/mol. The fraction of sp³-hybridized carbons (Fsp3) is 0.417. The van der Waals surface area contributed by atoms with Crippen LogP contribution in [0.5, 0.6) is 5.75 Å². The molecule has 0 radical (unpaired) electrons. The maximum absolute atomic E-state index is 11.2. The van der Waals surface area contributed by atoms with Gasteiger partial charge in [-0.3, -0.25) is 4.79 Å². The summed E-state index contributed by atoms with van der Waals surface area (Å²) in [4.78, 5) is 11.2. The Labute approximate surface area is 94.9 Å². The molecule has 0 bridgehead atoms. The molecule has 0 aromatic heterocycles. The molecule has 1 aromatic rings. The van der Waals surface area contributed by atoms with Gasteiger partial charge in [0.2, 0.25) is 5.91 Å². The van der Waals surface area contributed by atoms with Gasteiger partial charge in [0.1, 0.15) is 11.9 Å². The fourth-order valence-electron chi connectivity index (χ4n) is 1.30. The highest BCUT2D eigenvalue weighted by molar-refractivity contribution is 5.80. The van der Waals surface area contributed by atoms with Crippen LogP contribution in [0.2, 0.25) is 0 Å². The van der Waals surface area contributed by atoms with Crippen LogP contribution in [0.15, 0.2) is 24.3 Å². The van der Waals surface area contributed by atoms with Crippen LogP contribution in [-0.2, 0) is 11.2 Å². The number of aliphatic hydroxyl groups is 1. The van der Waals surface area contributed by atoms with Crippen LogP contribution in [0.25, 0.3) is 0 Å². The number of amides is 1. The third-order valence-corrected chi connectivity index (χ3v) is 2.34. The second-order valence-corrected chi connectivity index (χ2v) is 3.63.